The van der Waals surface area contributed by atoms with E-state index in [0.717, 1.165) is 5.56 Å². The van der Waals surface area contributed by atoms with Crippen LogP contribution < -0.4 is 10.1 Å². The average Bonchev–Trinajstić information content (AvgIpc) is 2.80. The first-order chi connectivity index (χ1) is 8.60. The molecule has 2 rings (SSSR count). The third-order valence-corrected chi connectivity index (χ3v) is 3.01. The lowest BCUT2D eigenvalue weighted by Crippen LogP contribution is -2.31. The monoisotopic (exact) mass is 253 g/mol. The van der Waals surface area contributed by atoms with Gasteiger partial charge in [0.05, 0.1) is 7.11 Å². The van der Waals surface area contributed by atoms with Crippen molar-refractivity contribution in [1.82, 2.24) is 5.32 Å². The van der Waals surface area contributed by atoms with Crippen LogP contribution in [0.3, 0.4) is 0 Å². The van der Waals surface area contributed by atoms with Gasteiger partial charge in [-0.25, -0.2) is 4.39 Å². The number of aryl methyl sites for hydroxylation is 1. The lowest BCUT2D eigenvalue weighted by Gasteiger charge is -2.14. The molecule has 0 bridgehead atoms. The topological polar surface area (TPSA) is 47.6 Å². The number of methoxy groups -OCH3 is 1. The fraction of sp³-hybridized carbons (Fsp3) is 0.462. The van der Waals surface area contributed by atoms with Gasteiger partial charge in [-0.1, -0.05) is 0 Å². The molecule has 1 heterocycles. The molecule has 0 aliphatic carbocycles. The zero-order valence-electron chi connectivity index (χ0n) is 10.4. The van der Waals surface area contributed by atoms with Crippen LogP contribution in [-0.4, -0.2) is 31.8 Å². The van der Waals surface area contributed by atoms with Gasteiger partial charge in [-0.15, -0.1) is 0 Å². The fourth-order valence-corrected chi connectivity index (χ4v) is 2.04. The lowest BCUT2D eigenvalue weighted by atomic mass is 10.2. The molecule has 98 valence electrons. The van der Waals surface area contributed by atoms with Crippen molar-refractivity contribution in [2.24, 2.45) is 0 Å². The van der Waals surface area contributed by atoms with E-state index in [9.17, 15) is 9.18 Å². The zero-order valence-corrected chi connectivity index (χ0v) is 10.4. The SMILES string of the molecule is COC(=O)C1CC(Oc2ccc(F)cc2C)CN1. The van der Waals surface area contributed by atoms with E-state index < -0.39 is 0 Å². The van der Waals surface area contributed by atoms with Gasteiger partial charge in [0, 0.05) is 13.0 Å². The van der Waals surface area contributed by atoms with Gasteiger partial charge < -0.3 is 14.8 Å². The molecule has 0 saturated carbocycles. The lowest BCUT2D eigenvalue weighted by molar-refractivity contribution is -0.142. The third kappa shape index (κ3) is 2.79. The Balaban J connectivity index is 1.97. The highest BCUT2D eigenvalue weighted by atomic mass is 19.1. The molecule has 1 aliphatic heterocycles. The van der Waals surface area contributed by atoms with E-state index in [1.54, 1.807) is 13.0 Å². The molecule has 4 nitrogen and oxygen atoms in total. The molecule has 0 amide bonds. The van der Waals surface area contributed by atoms with Gasteiger partial charge in [-0.2, -0.15) is 0 Å². The van der Waals surface area contributed by atoms with Crippen molar-refractivity contribution >= 4 is 5.97 Å². The van der Waals surface area contributed by atoms with Crippen LogP contribution in [0.15, 0.2) is 18.2 Å². The van der Waals surface area contributed by atoms with Crippen LogP contribution >= 0.6 is 0 Å². The Morgan fingerprint density at radius 3 is 2.94 bits per heavy atom. The van der Waals surface area contributed by atoms with Crippen LogP contribution in [0.5, 0.6) is 5.75 Å². The standard InChI is InChI=1S/C13H16FNO3/c1-8-5-9(14)3-4-12(8)18-10-6-11(15-7-10)13(16)17-2/h3-5,10-11,15H,6-7H2,1-2H3. The van der Waals surface area contributed by atoms with Gasteiger partial charge in [0.2, 0.25) is 0 Å². The summed E-state index contributed by atoms with van der Waals surface area (Å²) < 4.78 is 23.4. The van der Waals surface area contributed by atoms with Gasteiger partial charge in [0.15, 0.2) is 0 Å². The minimum Gasteiger partial charge on any atom is -0.489 e. The molecule has 1 aliphatic rings. The highest BCUT2D eigenvalue weighted by Crippen LogP contribution is 2.22. The Morgan fingerprint density at radius 2 is 2.28 bits per heavy atom. The van der Waals surface area contributed by atoms with Gasteiger partial charge in [-0.3, -0.25) is 4.79 Å². The summed E-state index contributed by atoms with van der Waals surface area (Å²) in [5.74, 6) is 0.0856. The number of carbonyl (C=O) groups excluding carboxylic acids is 1. The number of esters is 1. The number of halogens is 1. The fourth-order valence-electron chi connectivity index (χ4n) is 2.04. The molecule has 1 aromatic rings. The molecule has 18 heavy (non-hydrogen) atoms. The van der Waals surface area contributed by atoms with Crippen molar-refractivity contribution in [3.8, 4) is 5.75 Å². The maximum absolute atomic E-state index is 12.9. The van der Waals surface area contributed by atoms with Gasteiger partial charge in [-0.05, 0) is 30.7 Å². The van der Waals surface area contributed by atoms with Crippen molar-refractivity contribution in [1.29, 1.82) is 0 Å². The Labute approximate surface area is 105 Å². The summed E-state index contributed by atoms with van der Waals surface area (Å²) >= 11 is 0. The number of rotatable bonds is 3. The summed E-state index contributed by atoms with van der Waals surface area (Å²) in [4.78, 5) is 11.3. The molecule has 0 spiro atoms. The summed E-state index contributed by atoms with van der Waals surface area (Å²) in [5.41, 5.74) is 0.747. The molecule has 1 saturated heterocycles. The van der Waals surface area contributed by atoms with E-state index in [0.29, 0.717) is 18.7 Å². The first kappa shape index (κ1) is 12.8. The number of hydrogen-bond donors (Lipinski definition) is 1. The number of ether oxygens (including phenoxy) is 2. The summed E-state index contributed by atoms with van der Waals surface area (Å²) in [6.07, 6.45) is 0.460. The summed E-state index contributed by atoms with van der Waals surface area (Å²) in [7, 11) is 1.36. The van der Waals surface area contributed by atoms with Crippen molar-refractivity contribution in [2.75, 3.05) is 13.7 Å². The quantitative estimate of drug-likeness (QED) is 0.828. The maximum atomic E-state index is 12.9. The van der Waals surface area contributed by atoms with Crippen LogP contribution in [0.1, 0.15) is 12.0 Å². The third-order valence-electron chi connectivity index (χ3n) is 3.01. The van der Waals surface area contributed by atoms with Gasteiger partial charge in [0.1, 0.15) is 23.7 Å². The van der Waals surface area contributed by atoms with Crippen LogP contribution in [-0.2, 0) is 9.53 Å². The predicted octanol–water partition coefficient (Wildman–Crippen LogP) is 1.42. The molecule has 1 N–H and O–H groups in total. The first-order valence-corrected chi connectivity index (χ1v) is 5.84. The normalized spacial score (nSPS) is 22.8. The number of benzene rings is 1. The number of hydrogen-bond acceptors (Lipinski definition) is 4. The summed E-state index contributed by atoms with van der Waals surface area (Å²) in [5, 5.41) is 3.03. The molecule has 2 atom stereocenters. The van der Waals surface area contributed by atoms with Crippen LogP contribution in [0, 0.1) is 12.7 Å². The smallest absolute Gasteiger partial charge is 0.323 e. The molecule has 5 heteroatoms. The highest BCUT2D eigenvalue weighted by molar-refractivity contribution is 5.76. The second-order valence-corrected chi connectivity index (χ2v) is 4.37. The zero-order chi connectivity index (χ0) is 13.1. The van der Waals surface area contributed by atoms with Gasteiger partial charge in [0.25, 0.3) is 0 Å². The summed E-state index contributed by atoms with van der Waals surface area (Å²) in [6.45, 7) is 2.37. The molecule has 0 aromatic heterocycles. The predicted molar refractivity (Wildman–Crippen MR) is 64.0 cm³/mol. The van der Waals surface area contributed by atoms with E-state index in [4.69, 9.17) is 4.74 Å². The van der Waals surface area contributed by atoms with E-state index >= 15 is 0 Å². The Bertz CT molecular complexity index is 450. The molecule has 1 aromatic carbocycles. The Kier molecular flexibility index (Phi) is 3.81. The molecule has 0 radical (unpaired) electrons. The van der Waals surface area contributed by atoms with Crippen molar-refractivity contribution in [3.05, 3.63) is 29.6 Å². The maximum Gasteiger partial charge on any atom is 0.323 e. The second kappa shape index (κ2) is 5.35. The first-order valence-electron chi connectivity index (χ1n) is 5.84. The van der Waals surface area contributed by atoms with Crippen LogP contribution in [0.4, 0.5) is 4.39 Å². The van der Waals surface area contributed by atoms with E-state index in [1.807, 2.05) is 0 Å². The minimum atomic E-state index is -0.319. The minimum absolute atomic E-state index is 0.0988. The van der Waals surface area contributed by atoms with Crippen molar-refractivity contribution in [3.63, 3.8) is 0 Å². The molecular formula is C13H16FNO3. The van der Waals surface area contributed by atoms with Crippen LogP contribution in [0.25, 0.3) is 0 Å². The Morgan fingerprint density at radius 1 is 1.50 bits per heavy atom. The highest BCUT2D eigenvalue weighted by Gasteiger charge is 2.31. The van der Waals surface area contributed by atoms with Crippen molar-refractivity contribution < 1.29 is 18.7 Å². The second-order valence-electron chi connectivity index (χ2n) is 4.37. The largest absolute Gasteiger partial charge is 0.489 e. The van der Waals surface area contributed by atoms with Crippen LogP contribution in [0.2, 0.25) is 0 Å². The van der Waals surface area contributed by atoms with Gasteiger partial charge >= 0.3 is 5.97 Å². The average molecular weight is 253 g/mol. The van der Waals surface area contributed by atoms with E-state index in [-0.39, 0.29) is 23.9 Å². The molecular weight excluding hydrogens is 237 g/mol. The Hall–Kier alpha value is -1.62. The molecule has 2 unspecified atom stereocenters. The number of carbonyl (C=O) groups is 1. The van der Waals surface area contributed by atoms with E-state index in [2.05, 4.69) is 10.1 Å². The molecule has 1 fully saturated rings. The van der Waals surface area contributed by atoms with Crippen molar-refractivity contribution in [2.45, 2.75) is 25.5 Å². The van der Waals surface area contributed by atoms with E-state index in [1.165, 1.54) is 19.2 Å². The number of nitrogens with one attached hydrogen (secondary N) is 1. The summed E-state index contributed by atoms with van der Waals surface area (Å²) in [6, 6.07) is 4.08.